The predicted molar refractivity (Wildman–Crippen MR) is 47.2 cm³/mol. The Kier molecular flexibility index (Phi) is 4.70. The Labute approximate surface area is 93.4 Å². The van der Waals surface area contributed by atoms with Crippen LogP contribution in [-0.2, 0) is 19.1 Å². The zero-order chi connectivity index (χ0) is 12.9. The zero-order valence-corrected chi connectivity index (χ0v) is 8.43. The van der Waals surface area contributed by atoms with Crippen LogP contribution in [0, 0.1) is 0 Å². The van der Waals surface area contributed by atoms with E-state index >= 15 is 0 Å². The van der Waals surface area contributed by atoms with E-state index in [1.807, 2.05) is 0 Å². The van der Waals surface area contributed by atoms with Gasteiger partial charge in [-0.2, -0.15) is 0 Å². The number of aliphatic carboxylic acids is 3. The molecule has 0 fully saturated rings. The summed E-state index contributed by atoms with van der Waals surface area (Å²) >= 11 is 4.76. The number of rotatable bonds is 6. The average molecular weight is 255 g/mol. The van der Waals surface area contributed by atoms with Gasteiger partial charge in [0.15, 0.2) is 0 Å². The quantitative estimate of drug-likeness (QED) is 0.569. The topological polar surface area (TPSA) is 138 Å². The Morgan fingerprint density at radius 2 is 1.38 bits per heavy atom. The molecule has 0 aromatic rings. The van der Waals surface area contributed by atoms with Crippen LogP contribution in [0.5, 0.6) is 0 Å². The third-order valence-corrected chi connectivity index (χ3v) is 1.62. The molecule has 0 radical (unpaired) electrons. The van der Waals surface area contributed by atoms with Crippen molar-refractivity contribution in [3.05, 3.63) is 0 Å². The molecule has 3 N–H and O–H groups in total. The van der Waals surface area contributed by atoms with E-state index < -0.39 is 41.8 Å². The molecule has 0 saturated carbocycles. The van der Waals surface area contributed by atoms with E-state index in [1.54, 1.807) is 0 Å². The highest BCUT2D eigenvalue weighted by atomic mass is 35.5. The second-order valence-electron chi connectivity index (χ2n) is 2.78. The molecule has 0 bridgehead atoms. The van der Waals surface area contributed by atoms with Gasteiger partial charge in [-0.3, -0.25) is 9.59 Å². The van der Waals surface area contributed by atoms with Crippen LogP contribution in [0.25, 0.3) is 0 Å². The summed E-state index contributed by atoms with van der Waals surface area (Å²) in [5.41, 5.74) is -4.29. The van der Waals surface area contributed by atoms with Gasteiger partial charge in [0.25, 0.3) is 0 Å². The first kappa shape index (κ1) is 14.2. The molecule has 0 atom stereocenters. The first-order valence-electron chi connectivity index (χ1n) is 3.75. The van der Waals surface area contributed by atoms with E-state index in [4.69, 9.17) is 26.9 Å². The number of carbonyl (C=O) groups is 4. The van der Waals surface area contributed by atoms with Gasteiger partial charge in [-0.25, -0.2) is 9.59 Å². The average Bonchev–Trinajstić information content (AvgIpc) is 1.98. The SMILES string of the molecule is O=C(O)CC(CC(=O)O)(OC(=O)Cl)C(=O)O. The van der Waals surface area contributed by atoms with Gasteiger partial charge < -0.3 is 20.1 Å². The molecule has 0 heterocycles. The molecule has 9 heteroatoms. The van der Waals surface area contributed by atoms with E-state index in [9.17, 15) is 19.2 Å². The number of carboxylic acids is 3. The molecular formula is C7H7ClO8. The number of halogens is 1. The third kappa shape index (κ3) is 4.13. The maximum absolute atomic E-state index is 10.8. The summed E-state index contributed by atoms with van der Waals surface area (Å²) in [6, 6.07) is 0. The lowest BCUT2D eigenvalue weighted by atomic mass is 9.95. The van der Waals surface area contributed by atoms with Crippen LogP contribution >= 0.6 is 11.6 Å². The normalized spacial score (nSPS) is 10.6. The molecule has 0 amide bonds. The maximum Gasteiger partial charge on any atom is 0.404 e. The van der Waals surface area contributed by atoms with Crippen molar-refractivity contribution in [2.24, 2.45) is 0 Å². The number of carbonyl (C=O) groups excluding carboxylic acids is 1. The molecule has 0 aliphatic heterocycles. The zero-order valence-electron chi connectivity index (χ0n) is 7.68. The summed E-state index contributed by atoms with van der Waals surface area (Å²) < 4.78 is 4.09. The number of ether oxygens (including phenoxy) is 1. The summed E-state index contributed by atoms with van der Waals surface area (Å²) in [5.74, 6) is -5.17. The number of hydrogen-bond acceptors (Lipinski definition) is 5. The van der Waals surface area contributed by atoms with Crippen molar-refractivity contribution >= 4 is 34.9 Å². The number of carboxylic acid groups (broad SMARTS) is 3. The Balaban J connectivity index is 5.19. The summed E-state index contributed by atoms with van der Waals surface area (Å²) in [6.07, 6.45) is -2.40. The molecule has 90 valence electrons. The second-order valence-corrected chi connectivity index (χ2v) is 3.09. The molecular weight excluding hydrogens is 248 g/mol. The Morgan fingerprint density at radius 1 is 1.00 bits per heavy atom. The smallest absolute Gasteiger partial charge is 0.404 e. The Hall–Kier alpha value is -1.83. The van der Waals surface area contributed by atoms with E-state index in [2.05, 4.69) is 4.74 Å². The lowest BCUT2D eigenvalue weighted by Gasteiger charge is -2.24. The van der Waals surface area contributed by atoms with Crippen LogP contribution in [-0.4, -0.2) is 44.3 Å². The van der Waals surface area contributed by atoms with Crippen molar-refractivity contribution in [2.45, 2.75) is 18.4 Å². The van der Waals surface area contributed by atoms with Crippen molar-refractivity contribution in [3.63, 3.8) is 0 Å². The van der Waals surface area contributed by atoms with Gasteiger partial charge in [0.1, 0.15) is 0 Å². The van der Waals surface area contributed by atoms with Gasteiger partial charge in [-0.05, 0) is 0 Å². The largest absolute Gasteiger partial charge is 0.481 e. The highest BCUT2D eigenvalue weighted by Gasteiger charge is 2.47. The fraction of sp³-hybridized carbons (Fsp3) is 0.429. The van der Waals surface area contributed by atoms with Crippen LogP contribution < -0.4 is 0 Å². The number of hydrogen-bond donors (Lipinski definition) is 3. The van der Waals surface area contributed by atoms with Crippen molar-refractivity contribution in [1.82, 2.24) is 0 Å². The van der Waals surface area contributed by atoms with Crippen LogP contribution in [0.4, 0.5) is 4.79 Å². The molecule has 0 saturated heterocycles. The summed E-state index contributed by atoms with van der Waals surface area (Å²) in [5, 5.41) is 25.6. The predicted octanol–water partition coefficient (Wildman–Crippen LogP) is 0.135. The fourth-order valence-electron chi connectivity index (χ4n) is 0.972. The Morgan fingerprint density at radius 3 is 1.56 bits per heavy atom. The van der Waals surface area contributed by atoms with Gasteiger partial charge in [-0.1, -0.05) is 0 Å². The minimum absolute atomic E-state index is 1.20. The summed E-state index contributed by atoms with van der Waals surface area (Å²) in [7, 11) is 0. The van der Waals surface area contributed by atoms with E-state index in [0.29, 0.717) is 0 Å². The standard InChI is InChI=1S/C7H7ClO8/c8-6(15)16-7(5(13)14,1-3(9)10)2-4(11)12/h1-2H2,(H,9,10)(H,11,12)(H,13,14). The molecule has 16 heavy (non-hydrogen) atoms. The van der Waals surface area contributed by atoms with Gasteiger partial charge in [0, 0.05) is 11.6 Å². The molecule has 0 aromatic heterocycles. The molecule has 0 aliphatic rings. The lowest BCUT2D eigenvalue weighted by Crippen LogP contribution is -2.46. The van der Waals surface area contributed by atoms with E-state index in [0.717, 1.165) is 0 Å². The van der Waals surface area contributed by atoms with Crippen LogP contribution in [0.15, 0.2) is 0 Å². The molecule has 0 spiro atoms. The van der Waals surface area contributed by atoms with E-state index in [-0.39, 0.29) is 0 Å². The van der Waals surface area contributed by atoms with Crippen LogP contribution in [0.1, 0.15) is 12.8 Å². The second kappa shape index (κ2) is 5.31. The maximum atomic E-state index is 10.8. The molecule has 0 aromatic carbocycles. The first-order chi connectivity index (χ1) is 7.19. The summed E-state index contributed by atoms with van der Waals surface area (Å²) in [4.78, 5) is 42.0. The molecule has 0 unspecified atom stereocenters. The van der Waals surface area contributed by atoms with Gasteiger partial charge in [0.2, 0.25) is 5.60 Å². The Bertz CT molecular complexity index is 294. The first-order valence-corrected chi connectivity index (χ1v) is 4.13. The van der Waals surface area contributed by atoms with Gasteiger partial charge >= 0.3 is 23.3 Å². The van der Waals surface area contributed by atoms with Crippen LogP contribution in [0.2, 0.25) is 0 Å². The molecule has 0 rings (SSSR count). The fourth-order valence-corrected chi connectivity index (χ4v) is 1.12. The monoisotopic (exact) mass is 254 g/mol. The van der Waals surface area contributed by atoms with Gasteiger partial charge in [0.05, 0.1) is 12.8 Å². The molecule has 0 aliphatic carbocycles. The molecule has 8 nitrogen and oxygen atoms in total. The van der Waals surface area contributed by atoms with Gasteiger partial charge in [-0.15, -0.1) is 0 Å². The lowest BCUT2D eigenvalue weighted by molar-refractivity contribution is -0.169. The van der Waals surface area contributed by atoms with Crippen molar-refractivity contribution in [3.8, 4) is 0 Å². The highest BCUT2D eigenvalue weighted by molar-refractivity contribution is 6.61. The van der Waals surface area contributed by atoms with Crippen molar-refractivity contribution in [1.29, 1.82) is 0 Å². The van der Waals surface area contributed by atoms with Crippen LogP contribution in [0.3, 0.4) is 0 Å². The summed E-state index contributed by atoms with van der Waals surface area (Å²) in [6.45, 7) is 0. The highest BCUT2D eigenvalue weighted by Crippen LogP contribution is 2.23. The minimum Gasteiger partial charge on any atom is -0.481 e. The minimum atomic E-state index is -2.70. The van der Waals surface area contributed by atoms with Crippen molar-refractivity contribution < 1.29 is 39.2 Å². The van der Waals surface area contributed by atoms with E-state index in [1.165, 1.54) is 0 Å². The third-order valence-electron chi connectivity index (χ3n) is 1.54. The van der Waals surface area contributed by atoms with Crippen molar-refractivity contribution in [2.75, 3.05) is 0 Å².